The molecule has 30 heavy (non-hydrogen) atoms. The molecule has 0 aromatic heterocycles. The maximum atomic E-state index is 11.8. The zero-order valence-corrected chi connectivity index (χ0v) is 18.5. The molecule has 2 aromatic rings. The molecule has 0 heterocycles. The number of benzene rings is 2. The second kappa shape index (κ2) is 11.0. The van der Waals surface area contributed by atoms with Crippen LogP contribution in [0, 0.1) is 0 Å². The quantitative estimate of drug-likeness (QED) is 0.556. The van der Waals surface area contributed by atoms with Crippen LogP contribution in [0.15, 0.2) is 54.6 Å². The van der Waals surface area contributed by atoms with E-state index in [2.05, 4.69) is 5.32 Å². The van der Waals surface area contributed by atoms with Crippen molar-refractivity contribution < 1.29 is 19.0 Å². The topological polar surface area (TPSA) is 82.8 Å². The van der Waals surface area contributed by atoms with Crippen molar-refractivity contribution in [2.24, 2.45) is 5.73 Å². The van der Waals surface area contributed by atoms with Gasteiger partial charge in [0.25, 0.3) is 0 Å². The summed E-state index contributed by atoms with van der Waals surface area (Å²) in [6.07, 6.45) is 1.86. The number of halogens is 1. The van der Waals surface area contributed by atoms with E-state index in [4.69, 9.17) is 31.5 Å². The number of carbonyl (C=O) groups is 1. The summed E-state index contributed by atoms with van der Waals surface area (Å²) in [5.74, 6) is 0.276. The Morgan fingerprint density at radius 1 is 1.20 bits per heavy atom. The van der Waals surface area contributed by atoms with Gasteiger partial charge in [-0.15, -0.1) is 0 Å². The van der Waals surface area contributed by atoms with E-state index in [1.807, 2.05) is 54.6 Å². The Morgan fingerprint density at radius 3 is 2.60 bits per heavy atom. The Bertz CT molecular complexity index is 883. The van der Waals surface area contributed by atoms with Crippen molar-refractivity contribution in [3.63, 3.8) is 0 Å². The summed E-state index contributed by atoms with van der Waals surface area (Å²) in [7, 11) is 2.95. The van der Waals surface area contributed by atoms with Crippen molar-refractivity contribution in [3.8, 4) is 5.75 Å². The molecule has 162 valence electrons. The third kappa shape index (κ3) is 6.76. The zero-order chi connectivity index (χ0) is 22.1. The molecule has 1 atom stereocenters. The first kappa shape index (κ1) is 23.7. The van der Waals surface area contributed by atoms with Crippen LogP contribution in [0.4, 0.5) is 0 Å². The van der Waals surface area contributed by atoms with Gasteiger partial charge in [0.05, 0.1) is 20.8 Å². The number of carbonyl (C=O) groups excluding carboxylic acids is 1. The van der Waals surface area contributed by atoms with E-state index in [9.17, 15) is 4.79 Å². The molecule has 0 bridgehead atoms. The number of hydrogen-bond donors (Lipinski definition) is 2. The molecular formula is C23H29ClN2O4. The van der Waals surface area contributed by atoms with Gasteiger partial charge in [-0.25, -0.2) is 4.79 Å². The number of ether oxygens (including phenoxy) is 3. The van der Waals surface area contributed by atoms with E-state index >= 15 is 0 Å². The molecule has 0 aliphatic rings. The number of nitrogens with one attached hydrogen (secondary N) is 1. The van der Waals surface area contributed by atoms with Crippen LogP contribution in [0.2, 0.25) is 5.02 Å². The zero-order valence-electron chi connectivity index (χ0n) is 17.8. The third-order valence-electron chi connectivity index (χ3n) is 4.50. The Kier molecular flexibility index (Phi) is 8.72. The van der Waals surface area contributed by atoms with Crippen molar-refractivity contribution in [1.82, 2.24) is 5.32 Å². The molecule has 2 rings (SSSR count). The van der Waals surface area contributed by atoms with Crippen molar-refractivity contribution in [2.75, 3.05) is 20.8 Å². The SMILES string of the molecule is COC(=O)C(C)(C)OCC(N)/C=C(\NCc1ccccc1Cl)c1cccc(OC)c1. The van der Waals surface area contributed by atoms with Gasteiger partial charge in [-0.1, -0.05) is 41.9 Å². The highest BCUT2D eigenvalue weighted by Gasteiger charge is 2.30. The van der Waals surface area contributed by atoms with E-state index in [-0.39, 0.29) is 6.61 Å². The van der Waals surface area contributed by atoms with Crippen LogP contribution in [0.5, 0.6) is 5.75 Å². The number of esters is 1. The summed E-state index contributed by atoms with van der Waals surface area (Å²) in [6, 6.07) is 14.8. The maximum absolute atomic E-state index is 11.8. The summed E-state index contributed by atoms with van der Waals surface area (Å²) < 4.78 is 15.8. The standard InChI is InChI=1S/C23H29ClN2O4/c1-23(2,22(27)29-4)30-15-18(25)13-21(16-9-7-10-19(12-16)28-3)26-14-17-8-5-6-11-20(17)24/h5-13,18,26H,14-15,25H2,1-4H3/b21-13-. The molecule has 6 nitrogen and oxygen atoms in total. The van der Waals surface area contributed by atoms with E-state index in [1.165, 1.54) is 7.11 Å². The lowest BCUT2D eigenvalue weighted by molar-refractivity contribution is -0.165. The highest BCUT2D eigenvalue weighted by molar-refractivity contribution is 6.31. The van der Waals surface area contributed by atoms with E-state index in [0.29, 0.717) is 11.6 Å². The van der Waals surface area contributed by atoms with Crippen molar-refractivity contribution in [3.05, 3.63) is 70.8 Å². The maximum Gasteiger partial charge on any atom is 0.337 e. The molecule has 0 spiro atoms. The fraction of sp³-hybridized carbons (Fsp3) is 0.348. The molecule has 0 fully saturated rings. The van der Waals surface area contributed by atoms with Crippen LogP contribution in [0.3, 0.4) is 0 Å². The number of hydrogen-bond acceptors (Lipinski definition) is 6. The van der Waals surface area contributed by atoms with Crippen LogP contribution in [0.1, 0.15) is 25.0 Å². The summed E-state index contributed by atoms with van der Waals surface area (Å²) in [5.41, 5.74) is 7.87. The number of methoxy groups -OCH3 is 2. The lowest BCUT2D eigenvalue weighted by Gasteiger charge is -2.24. The highest BCUT2D eigenvalue weighted by atomic mass is 35.5. The molecule has 0 saturated heterocycles. The Balaban J connectivity index is 2.21. The lowest BCUT2D eigenvalue weighted by atomic mass is 10.1. The van der Waals surface area contributed by atoms with E-state index in [0.717, 1.165) is 22.6 Å². The van der Waals surface area contributed by atoms with Crippen molar-refractivity contribution >= 4 is 23.3 Å². The van der Waals surface area contributed by atoms with E-state index < -0.39 is 17.6 Å². The number of rotatable bonds is 10. The first-order chi connectivity index (χ1) is 14.3. The second-order valence-electron chi connectivity index (χ2n) is 7.23. The number of nitrogens with two attached hydrogens (primary N) is 1. The van der Waals surface area contributed by atoms with Gasteiger partial charge < -0.3 is 25.3 Å². The fourth-order valence-corrected chi connectivity index (χ4v) is 2.95. The van der Waals surface area contributed by atoms with Crippen LogP contribution < -0.4 is 15.8 Å². The first-order valence-corrected chi connectivity index (χ1v) is 9.96. The van der Waals surface area contributed by atoms with Gasteiger partial charge in [-0.3, -0.25) is 0 Å². The van der Waals surface area contributed by atoms with Crippen LogP contribution >= 0.6 is 11.6 Å². The average molecular weight is 433 g/mol. The average Bonchev–Trinajstić information content (AvgIpc) is 2.75. The Labute approximate surface area is 183 Å². The minimum atomic E-state index is -1.08. The highest BCUT2D eigenvalue weighted by Crippen LogP contribution is 2.21. The molecule has 0 aliphatic heterocycles. The first-order valence-electron chi connectivity index (χ1n) is 9.58. The van der Waals surface area contributed by atoms with Crippen LogP contribution in [-0.4, -0.2) is 38.4 Å². The largest absolute Gasteiger partial charge is 0.497 e. The molecule has 3 N–H and O–H groups in total. The Hall–Kier alpha value is -2.54. The molecule has 1 unspecified atom stereocenters. The van der Waals surface area contributed by atoms with Gasteiger partial charge in [0.1, 0.15) is 5.75 Å². The normalized spacial score (nSPS) is 12.9. The van der Waals surface area contributed by atoms with Gasteiger partial charge >= 0.3 is 5.97 Å². The predicted octanol–water partition coefficient (Wildman–Crippen LogP) is 3.77. The van der Waals surface area contributed by atoms with E-state index in [1.54, 1.807) is 21.0 Å². The van der Waals surface area contributed by atoms with Gasteiger partial charge in [0.15, 0.2) is 5.60 Å². The third-order valence-corrected chi connectivity index (χ3v) is 4.87. The molecule has 0 aliphatic carbocycles. The summed E-state index contributed by atoms with van der Waals surface area (Å²) in [5, 5.41) is 4.08. The van der Waals surface area contributed by atoms with Gasteiger partial charge in [0, 0.05) is 28.9 Å². The van der Waals surface area contributed by atoms with Gasteiger partial charge in [0.2, 0.25) is 0 Å². The monoisotopic (exact) mass is 432 g/mol. The van der Waals surface area contributed by atoms with Crippen molar-refractivity contribution in [2.45, 2.75) is 32.0 Å². The molecule has 2 aromatic carbocycles. The van der Waals surface area contributed by atoms with Gasteiger partial charge in [-0.05, 0) is 43.7 Å². The molecule has 0 radical (unpaired) electrons. The molecule has 7 heteroatoms. The van der Waals surface area contributed by atoms with Crippen molar-refractivity contribution in [1.29, 1.82) is 0 Å². The molecule has 0 saturated carbocycles. The lowest BCUT2D eigenvalue weighted by Crippen LogP contribution is -2.40. The predicted molar refractivity (Wildman–Crippen MR) is 119 cm³/mol. The summed E-state index contributed by atoms with van der Waals surface area (Å²) in [6.45, 7) is 3.95. The molecular weight excluding hydrogens is 404 g/mol. The fourth-order valence-electron chi connectivity index (χ4n) is 2.75. The minimum Gasteiger partial charge on any atom is -0.497 e. The molecule has 0 amide bonds. The van der Waals surface area contributed by atoms with Gasteiger partial charge in [-0.2, -0.15) is 0 Å². The summed E-state index contributed by atoms with van der Waals surface area (Å²) >= 11 is 6.28. The summed E-state index contributed by atoms with van der Waals surface area (Å²) in [4.78, 5) is 11.8. The second-order valence-corrected chi connectivity index (χ2v) is 7.64. The minimum absolute atomic E-state index is 0.142. The van der Waals surface area contributed by atoms with Crippen LogP contribution in [-0.2, 0) is 20.8 Å². The smallest absolute Gasteiger partial charge is 0.337 e. The Morgan fingerprint density at radius 2 is 1.93 bits per heavy atom. The van der Waals surface area contributed by atoms with Crippen LogP contribution in [0.25, 0.3) is 5.70 Å².